The van der Waals surface area contributed by atoms with Crippen molar-refractivity contribution in [3.05, 3.63) is 0 Å². The number of sulfone groups is 1. The van der Waals surface area contributed by atoms with E-state index in [-0.39, 0.29) is 23.5 Å². The molecular formula is C12H25N3O3S. The molecule has 3 N–H and O–H groups in total. The molecule has 6 nitrogen and oxygen atoms in total. The van der Waals surface area contributed by atoms with Crippen molar-refractivity contribution in [2.75, 3.05) is 38.2 Å². The first-order valence-corrected chi connectivity index (χ1v) is 8.48. The SMILES string of the molecule is CNC1(C)CCN(CCS(=O)(=O)CCC(N)=O)CC1. The Morgan fingerprint density at radius 2 is 1.89 bits per heavy atom. The maximum Gasteiger partial charge on any atom is 0.218 e. The molecule has 0 atom stereocenters. The molecule has 1 saturated heterocycles. The molecule has 1 fully saturated rings. The lowest BCUT2D eigenvalue weighted by molar-refractivity contribution is -0.117. The smallest absolute Gasteiger partial charge is 0.218 e. The van der Waals surface area contributed by atoms with Gasteiger partial charge in [0.25, 0.3) is 0 Å². The van der Waals surface area contributed by atoms with Gasteiger partial charge in [-0.2, -0.15) is 0 Å². The first kappa shape index (κ1) is 16.4. The Kier molecular flexibility index (Phi) is 5.76. The van der Waals surface area contributed by atoms with E-state index in [2.05, 4.69) is 17.1 Å². The van der Waals surface area contributed by atoms with Gasteiger partial charge >= 0.3 is 0 Å². The molecule has 1 amide bonds. The van der Waals surface area contributed by atoms with E-state index in [1.165, 1.54) is 0 Å². The van der Waals surface area contributed by atoms with Crippen molar-refractivity contribution in [2.45, 2.75) is 31.7 Å². The Balaban J connectivity index is 2.32. The summed E-state index contributed by atoms with van der Waals surface area (Å²) in [6, 6.07) is 0. The van der Waals surface area contributed by atoms with Gasteiger partial charge in [-0.1, -0.05) is 0 Å². The van der Waals surface area contributed by atoms with Crippen LogP contribution < -0.4 is 11.1 Å². The average Bonchev–Trinajstić information content (AvgIpc) is 2.36. The summed E-state index contributed by atoms with van der Waals surface area (Å²) in [6.07, 6.45) is 1.95. The topological polar surface area (TPSA) is 92.5 Å². The van der Waals surface area contributed by atoms with Crippen molar-refractivity contribution in [1.29, 1.82) is 0 Å². The van der Waals surface area contributed by atoms with E-state index in [1.807, 2.05) is 7.05 Å². The summed E-state index contributed by atoms with van der Waals surface area (Å²) in [4.78, 5) is 12.8. The molecule has 1 rings (SSSR count). The van der Waals surface area contributed by atoms with Gasteiger partial charge in [0.05, 0.1) is 11.5 Å². The molecule has 0 aromatic heterocycles. The maximum atomic E-state index is 11.7. The van der Waals surface area contributed by atoms with Crippen molar-refractivity contribution in [3.63, 3.8) is 0 Å². The lowest BCUT2D eigenvalue weighted by Crippen LogP contribution is -2.50. The van der Waals surface area contributed by atoms with E-state index >= 15 is 0 Å². The van der Waals surface area contributed by atoms with Crippen LogP contribution in [0.3, 0.4) is 0 Å². The fraction of sp³-hybridized carbons (Fsp3) is 0.917. The van der Waals surface area contributed by atoms with Crippen LogP contribution in [0.2, 0.25) is 0 Å². The summed E-state index contributed by atoms with van der Waals surface area (Å²) in [7, 11) is -1.21. The summed E-state index contributed by atoms with van der Waals surface area (Å²) in [5, 5.41) is 3.31. The van der Waals surface area contributed by atoms with Gasteiger partial charge < -0.3 is 16.0 Å². The van der Waals surface area contributed by atoms with E-state index < -0.39 is 15.7 Å². The minimum atomic E-state index is -3.17. The van der Waals surface area contributed by atoms with Crippen LogP contribution in [0.25, 0.3) is 0 Å². The van der Waals surface area contributed by atoms with E-state index in [4.69, 9.17) is 5.73 Å². The average molecular weight is 291 g/mol. The number of likely N-dealkylation sites (tertiary alicyclic amines) is 1. The van der Waals surface area contributed by atoms with Crippen LogP contribution in [0.1, 0.15) is 26.2 Å². The second kappa shape index (κ2) is 6.67. The number of nitrogens with zero attached hydrogens (tertiary/aromatic N) is 1. The van der Waals surface area contributed by atoms with Gasteiger partial charge in [0.2, 0.25) is 5.91 Å². The Labute approximate surface area is 115 Å². The molecule has 0 unspecified atom stereocenters. The van der Waals surface area contributed by atoms with Crippen LogP contribution >= 0.6 is 0 Å². The highest BCUT2D eigenvalue weighted by molar-refractivity contribution is 7.91. The van der Waals surface area contributed by atoms with Crippen LogP contribution in [-0.4, -0.2) is 63.0 Å². The van der Waals surface area contributed by atoms with E-state index in [0.717, 1.165) is 25.9 Å². The number of hydrogen-bond acceptors (Lipinski definition) is 5. The zero-order valence-electron chi connectivity index (χ0n) is 11.8. The van der Waals surface area contributed by atoms with Gasteiger partial charge in [0, 0.05) is 18.5 Å². The third kappa shape index (κ3) is 5.88. The molecule has 0 spiro atoms. The van der Waals surface area contributed by atoms with E-state index in [0.29, 0.717) is 6.54 Å². The molecule has 1 aliphatic heterocycles. The number of carbonyl (C=O) groups is 1. The van der Waals surface area contributed by atoms with Crippen LogP contribution in [0.5, 0.6) is 0 Å². The van der Waals surface area contributed by atoms with Gasteiger partial charge in [-0.25, -0.2) is 8.42 Å². The Morgan fingerprint density at radius 1 is 1.32 bits per heavy atom. The Morgan fingerprint density at radius 3 is 2.37 bits per heavy atom. The zero-order chi connectivity index (χ0) is 14.5. The van der Waals surface area contributed by atoms with Gasteiger partial charge in [-0.3, -0.25) is 4.79 Å². The number of hydrogen-bond donors (Lipinski definition) is 2. The number of rotatable bonds is 7. The standard InChI is InChI=1S/C12H25N3O3S/c1-12(14-2)4-6-15(7-5-12)8-10-19(17,18)9-3-11(13)16/h14H,3-10H2,1-2H3,(H2,13,16). The van der Waals surface area contributed by atoms with Gasteiger partial charge in [-0.05, 0) is 39.9 Å². The van der Waals surface area contributed by atoms with Crippen LogP contribution in [0.15, 0.2) is 0 Å². The van der Waals surface area contributed by atoms with E-state index in [1.54, 1.807) is 0 Å². The minimum Gasteiger partial charge on any atom is -0.370 e. The Bertz CT molecular complexity index is 400. The molecule has 1 heterocycles. The van der Waals surface area contributed by atoms with Gasteiger partial charge in [-0.15, -0.1) is 0 Å². The highest BCUT2D eigenvalue weighted by atomic mass is 32.2. The Hall–Kier alpha value is -0.660. The fourth-order valence-corrected chi connectivity index (χ4v) is 3.40. The van der Waals surface area contributed by atoms with E-state index in [9.17, 15) is 13.2 Å². The summed E-state index contributed by atoms with van der Waals surface area (Å²) >= 11 is 0. The number of piperidine rings is 1. The number of primary amides is 1. The van der Waals surface area contributed by atoms with Gasteiger partial charge in [0.1, 0.15) is 0 Å². The third-order valence-electron chi connectivity index (χ3n) is 3.94. The highest BCUT2D eigenvalue weighted by Crippen LogP contribution is 2.20. The van der Waals surface area contributed by atoms with Crippen molar-refractivity contribution in [2.24, 2.45) is 5.73 Å². The third-order valence-corrected chi connectivity index (χ3v) is 5.57. The summed E-state index contributed by atoms with van der Waals surface area (Å²) in [5.74, 6) is -0.590. The predicted octanol–water partition coefficient (Wildman–Crippen LogP) is -0.649. The van der Waals surface area contributed by atoms with Crippen molar-refractivity contribution in [1.82, 2.24) is 10.2 Å². The molecule has 7 heteroatoms. The first-order valence-electron chi connectivity index (χ1n) is 6.66. The molecular weight excluding hydrogens is 266 g/mol. The zero-order valence-corrected chi connectivity index (χ0v) is 12.6. The maximum absolute atomic E-state index is 11.7. The predicted molar refractivity (Wildman–Crippen MR) is 75.6 cm³/mol. The van der Waals surface area contributed by atoms with Crippen molar-refractivity contribution < 1.29 is 13.2 Å². The normalized spacial score (nSPS) is 20.3. The molecule has 0 aromatic carbocycles. The van der Waals surface area contributed by atoms with Crippen LogP contribution in [0.4, 0.5) is 0 Å². The lowest BCUT2D eigenvalue weighted by atomic mass is 9.90. The molecule has 0 saturated carbocycles. The monoisotopic (exact) mass is 291 g/mol. The summed E-state index contributed by atoms with van der Waals surface area (Å²) in [5.41, 5.74) is 5.13. The molecule has 1 aliphatic rings. The van der Waals surface area contributed by atoms with Crippen molar-refractivity contribution in [3.8, 4) is 0 Å². The summed E-state index contributed by atoms with van der Waals surface area (Å²) in [6.45, 7) is 4.54. The quantitative estimate of drug-likeness (QED) is 0.650. The second-order valence-corrected chi connectivity index (χ2v) is 7.82. The van der Waals surface area contributed by atoms with Crippen LogP contribution in [-0.2, 0) is 14.6 Å². The largest absolute Gasteiger partial charge is 0.370 e. The first-order chi connectivity index (χ1) is 8.76. The molecule has 0 bridgehead atoms. The molecule has 19 heavy (non-hydrogen) atoms. The minimum absolute atomic E-state index is 0.0832. The molecule has 0 radical (unpaired) electrons. The van der Waals surface area contributed by atoms with Gasteiger partial charge in [0.15, 0.2) is 9.84 Å². The number of carbonyl (C=O) groups excluding carboxylic acids is 1. The second-order valence-electron chi connectivity index (χ2n) is 5.52. The molecule has 0 aliphatic carbocycles. The molecule has 112 valence electrons. The summed E-state index contributed by atoms with van der Waals surface area (Å²) < 4.78 is 23.4. The fourth-order valence-electron chi connectivity index (χ4n) is 2.15. The number of amides is 1. The molecule has 0 aromatic rings. The number of nitrogens with one attached hydrogen (secondary N) is 1. The highest BCUT2D eigenvalue weighted by Gasteiger charge is 2.28. The van der Waals surface area contributed by atoms with Crippen molar-refractivity contribution >= 4 is 15.7 Å². The van der Waals surface area contributed by atoms with Crippen LogP contribution in [0, 0.1) is 0 Å². The lowest BCUT2D eigenvalue weighted by Gasteiger charge is -2.39. The number of nitrogens with two attached hydrogens (primary N) is 1.